The van der Waals surface area contributed by atoms with E-state index in [1.165, 1.54) is 4.31 Å². The summed E-state index contributed by atoms with van der Waals surface area (Å²) in [4.78, 5) is 0. The highest BCUT2D eigenvalue weighted by Gasteiger charge is 2.23. The van der Waals surface area contributed by atoms with Crippen molar-refractivity contribution in [1.82, 2.24) is 4.31 Å². The molecule has 0 spiro atoms. The van der Waals surface area contributed by atoms with Gasteiger partial charge in [0, 0.05) is 24.8 Å². The Labute approximate surface area is 109 Å². The van der Waals surface area contributed by atoms with E-state index in [0.29, 0.717) is 31.3 Å². The van der Waals surface area contributed by atoms with Gasteiger partial charge in [-0.15, -0.1) is 23.2 Å². The van der Waals surface area contributed by atoms with E-state index in [4.69, 9.17) is 23.2 Å². The van der Waals surface area contributed by atoms with E-state index >= 15 is 0 Å². The van der Waals surface area contributed by atoms with Crippen molar-refractivity contribution in [2.24, 2.45) is 5.41 Å². The molecule has 0 aromatic rings. The van der Waals surface area contributed by atoms with E-state index in [2.05, 4.69) is 0 Å². The van der Waals surface area contributed by atoms with Crippen molar-refractivity contribution >= 4 is 33.2 Å². The van der Waals surface area contributed by atoms with Crippen molar-refractivity contribution in [3.05, 3.63) is 0 Å². The van der Waals surface area contributed by atoms with Gasteiger partial charge in [-0.25, -0.2) is 8.42 Å². The fourth-order valence-electron chi connectivity index (χ4n) is 1.14. The average Bonchev–Trinajstić information content (AvgIpc) is 2.14. The maximum atomic E-state index is 12.0. The number of nitrogens with zero attached hydrogens (tertiary/aromatic N) is 1. The molecular formula is C10H21Cl2NO2S. The predicted molar refractivity (Wildman–Crippen MR) is 70.9 cm³/mol. The van der Waals surface area contributed by atoms with Crippen molar-refractivity contribution in [3.63, 3.8) is 0 Å². The van der Waals surface area contributed by atoms with Gasteiger partial charge in [-0.3, -0.25) is 0 Å². The molecule has 0 aliphatic heterocycles. The van der Waals surface area contributed by atoms with Crippen LogP contribution in [0.15, 0.2) is 0 Å². The molecule has 0 N–H and O–H groups in total. The fraction of sp³-hybridized carbons (Fsp3) is 1.00. The average molecular weight is 290 g/mol. The van der Waals surface area contributed by atoms with E-state index in [0.717, 1.165) is 0 Å². The lowest BCUT2D eigenvalue weighted by Gasteiger charge is -2.23. The molecule has 98 valence electrons. The first-order valence-corrected chi connectivity index (χ1v) is 8.00. The summed E-state index contributed by atoms with van der Waals surface area (Å²) in [7, 11) is -3.22. The Balaban J connectivity index is 4.47. The van der Waals surface area contributed by atoms with Crippen molar-refractivity contribution < 1.29 is 8.42 Å². The first kappa shape index (κ1) is 16.5. The van der Waals surface area contributed by atoms with Gasteiger partial charge in [0.15, 0.2) is 0 Å². The van der Waals surface area contributed by atoms with Crippen LogP contribution in [0.2, 0.25) is 0 Å². The van der Waals surface area contributed by atoms with Gasteiger partial charge in [0.2, 0.25) is 10.0 Å². The van der Waals surface area contributed by atoms with Crippen LogP contribution >= 0.6 is 23.2 Å². The van der Waals surface area contributed by atoms with Gasteiger partial charge in [-0.05, 0) is 11.8 Å². The van der Waals surface area contributed by atoms with Crippen LogP contribution in [-0.4, -0.2) is 43.3 Å². The minimum Gasteiger partial charge on any atom is -0.212 e. The topological polar surface area (TPSA) is 37.4 Å². The third kappa shape index (κ3) is 6.94. The Morgan fingerprint density at radius 2 is 1.50 bits per heavy atom. The second-order valence-corrected chi connectivity index (χ2v) is 7.75. The predicted octanol–water partition coefficient (Wildman–Crippen LogP) is 2.53. The first-order chi connectivity index (χ1) is 7.23. The molecule has 0 rings (SSSR count). The third-order valence-corrected chi connectivity index (χ3v) is 4.38. The lowest BCUT2D eigenvalue weighted by atomic mass is 9.94. The molecular weight excluding hydrogens is 269 g/mol. The van der Waals surface area contributed by atoms with Gasteiger partial charge in [0.25, 0.3) is 0 Å². The van der Waals surface area contributed by atoms with Crippen molar-refractivity contribution in [2.45, 2.75) is 27.2 Å². The largest absolute Gasteiger partial charge is 0.214 e. The molecule has 3 nitrogen and oxygen atoms in total. The minimum absolute atomic E-state index is 0.0146. The fourth-order valence-corrected chi connectivity index (χ4v) is 3.62. The highest BCUT2D eigenvalue weighted by Crippen LogP contribution is 2.20. The number of halogens is 2. The summed E-state index contributed by atoms with van der Waals surface area (Å²) in [5.74, 6) is 0.752. The molecule has 0 fully saturated rings. The molecule has 6 heteroatoms. The molecule has 0 unspecified atom stereocenters. The summed E-state index contributed by atoms with van der Waals surface area (Å²) in [6.45, 7) is 6.74. The van der Waals surface area contributed by atoms with Crippen LogP contribution in [0, 0.1) is 5.41 Å². The number of rotatable bonds is 7. The monoisotopic (exact) mass is 289 g/mol. The molecule has 0 amide bonds. The maximum Gasteiger partial charge on any atom is 0.214 e. The quantitative estimate of drug-likeness (QED) is 0.676. The van der Waals surface area contributed by atoms with E-state index in [9.17, 15) is 8.42 Å². The zero-order chi connectivity index (χ0) is 12.8. The van der Waals surface area contributed by atoms with Crippen LogP contribution in [0.4, 0.5) is 0 Å². The Morgan fingerprint density at radius 3 is 1.81 bits per heavy atom. The Hall–Kier alpha value is 0.490. The zero-order valence-electron chi connectivity index (χ0n) is 10.2. The molecule has 0 aromatic heterocycles. The van der Waals surface area contributed by atoms with Gasteiger partial charge >= 0.3 is 0 Å². The molecule has 0 aromatic carbocycles. The van der Waals surface area contributed by atoms with Crippen LogP contribution < -0.4 is 0 Å². The second-order valence-electron chi connectivity index (χ2n) is 4.90. The molecule has 0 aliphatic carbocycles. The minimum atomic E-state index is -3.22. The SMILES string of the molecule is CC(C)(C)CCS(=O)(=O)N(CCCl)CCCl. The smallest absolute Gasteiger partial charge is 0.212 e. The van der Waals surface area contributed by atoms with Gasteiger partial charge in [-0.2, -0.15) is 4.31 Å². The number of hydrogen-bond acceptors (Lipinski definition) is 2. The van der Waals surface area contributed by atoms with Crippen molar-refractivity contribution in [1.29, 1.82) is 0 Å². The highest BCUT2D eigenvalue weighted by molar-refractivity contribution is 7.89. The molecule has 16 heavy (non-hydrogen) atoms. The lowest BCUT2D eigenvalue weighted by Crippen LogP contribution is -2.37. The normalized spacial score (nSPS) is 13.4. The number of hydrogen-bond donors (Lipinski definition) is 0. The van der Waals surface area contributed by atoms with Crippen LogP contribution in [0.3, 0.4) is 0 Å². The van der Waals surface area contributed by atoms with E-state index in [-0.39, 0.29) is 11.2 Å². The van der Waals surface area contributed by atoms with Crippen LogP contribution in [0.25, 0.3) is 0 Å². The van der Waals surface area contributed by atoms with Crippen LogP contribution in [0.5, 0.6) is 0 Å². The molecule has 0 saturated heterocycles. The van der Waals surface area contributed by atoms with E-state index < -0.39 is 10.0 Å². The number of alkyl halides is 2. The molecule has 0 atom stereocenters. The Morgan fingerprint density at radius 1 is 1.06 bits per heavy atom. The summed E-state index contributed by atoms with van der Waals surface area (Å²) < 4.78 is 25.3. The standard InChI is InChI=1S/C10H21Cl2NO2S/c1-10(2,3)4-9-16(14,15)13(7-5-11)8-6-12/h4-9H2,1-3H3. The maximum absolute atomic E-state index is 12.0. The molecule has 0 aliphatic rings. The molecule has 0 radical (unpaired) electrons. The highest BCUT2D eigenvalue weighted by atomic mass is 35.5. The van der Waals surface area contributed by atoms with Gasteiger partial charge in [-0.1, -0.05) is 20.8 Å². The van der Waals surface area contributed by atoms with E-state index in [1.807, 2.05) is 20.8 Å². The van der Waals surface area contributed by atoms with Gasteiger partial charge < -0.3 is 0 Å². The molecule has 0 saturated carbocycles. The van der Waals surface area contributed by atoms with Gasteiger partial charge in [0.1, 0.15) is 0 Å². The lowest BCUT2D eigenvalue weighted by molar-refractivity contribution is 0.386. The first-order valence-electron chi connectivity index (χ1n) is 5.33. The zero-order valence-corrected chi connectivity index (χ0v) is 12.5. The second kappa shape index (κ2) is 7.04. The summed E-state index contributed by atoms with van der Waals surface area (Å²) in [5, 5.41) is 0. The molecule has 0 bridgehead atoms. The summed E-state index contributed by atoms with van der Waals surface area (Å²) >= 11 is 11.2. The summed E-state index contributed by atoms with van der Waals surface area (Å²) in [6, 6.07) is 0. The van der Waals surface area contributed by atoms with Crippen molar-refractivity contribution in [2.75, 3.05) is 30.6 Å². The Bertz CT molecular complexity index is 280. The molecule has 0 heterocycles. The number of sulfonamides is 1. The summed E-state index contributed by atoms with van der Waals surface area (Å²) in [5.41, 5.74) is 0.0146. The van der Waals surface area contributed by atoms with Gasteiger partial charge in [0.05, 0.1) is 5.75 Å². The third-order valence-electron chi connectivity index (χ3n) is 2.17. The van der Waals surface area contributed by atoms with E-state index in [1.54, 1.807) is 0 Å². The Kier molecular flexibility index (Phi) is 7.26. The summed E-state index contributed by atoms with van der Waals surface area (Å²) in [6.07, 6.45) is 0.635. The van der Waals surface area contributed by atoms with Crippen LogP contribution in [-0.2, 0) is 10.0 Å². The van der Waals surface area contributed by atoms with Crippen LogP contribution in [0.1, 0.15) is 27.2 Å². The van der Waals surface area contributed by atoms with Crippen molar-refractivity contribution in [3.8, 4) is 0 Å².